The zero-order chi connectivity index (χ0) is 12.6. The molecule has 1 amide bonds. The fourth-order valence-corrected chi connectivity index (χ4v) is 2.09. The average molecular weight is 250 g/mol. The number of nitrogens with zero attached hydrogens (tertiary/aromatic N) is 2. The van der Waals surface area contributed by atoms with Crippen molar-refractivity contribution >= 4 is 34.9 Å². The molecule has 0 radical (unpaired) electrons. The molecule has 2 aliphatic rings. The molecule has 1 atom stereocenters. The maximum absolute atomic E-state index is 12.0. The third-order valence-corrected chi connectivity index (χ3v) is 2.95. The molecule has 1 N–H and O–H groups in total. The van der Waals surface area contributed by atoms with Crippen LogP contribution in [-0.2, 0) is 9.59 Å². The van der Waals surface area contributed by atoms with E-state index in [1.54, 1.807) is 6.08 Å². The molecular weight excluding hydrogens is 240 g/mol. The van der Waals surface area contributed by atoms with Crippen molar-refractivity contribution in [3.8, 4) is 0 Å². The Morgan fingerprint density at radius 3 is 2.94 bits per heavy atom. The number of carboxylic acid groups (broad SMARTS) is 1. The molecule has 5 nitrogen and oxygen atoms in total. The molecule has 0 bridgehead atoms. The summed E-state index contributed by atoms with van der Waals surface area (Å²) in [5.74, 6) is -1.71. The lowest BCUT2D eigenvalue weighted by Gasteiger charge is -2.29. The van der Waals surface area contributed by atoms with Gasteiger partial charge < -0.3 is 5.11 Å². The van der Waals surface area contributed by atoms with Gasteiger partial charge in [0.2, 0.25) is 11.0 Å². The van der Waals surface area contributed by atoms with Crippen LogP contribution in [0.3, 0.4) is 0 Å². The molecule has 0 saturated carbocycles. The minimum absolute atomic E-state index is 0.112. The van der Waals surface area contributed by atoms with Crippen LogP contribution in [0.4, 0.5) is 0 Å². The molecule has 17 heavy (non-hydrogen) atoms. The minimum Gasteiger partial charge on any atom is -0.478 e. The van der Waals surface area contributed by atoms with Crippen LogP contribution in [0, 0.1) is 5.92 Å². The van der Waals surface area contributed by atoms with E-state index < -0.39 is 11.9 Å². The monoisotopic (exact) mass is 250 g/mol. The molecule has 6 heteroatoms. The standard InChI is InChI=1S/C11H10N2O3S/c1-2-13-9(14)7-4-3-6(10(15)16)5-8(7)12-11(13)17/h3-5,7H,2H2,1H3,(H,15,16). The lowest BCUT2D eigenvalue weighted by Crippen LogP contribution is -2.46. The Kier molecular flexibility index (Phi) is 2.89. The van der Waals surface area contributed by atoms with Gasteiger partial charge in [0, 0.05) is 6.54 Å². The Morgan fingerprint density at radius 1 is 1.65 bits per heavy atom. The number of carboxylic acids is 1. The van der Waals surface area contributed by atoms with E-state index in [4.69, 9.17) is 17.3 Å². The van der Waals surface area contributed by atoms with E-state index >= 15 is 0 Å². The predicted molar refractivity (Wildman–Crippen MR) is 65.8 cm³/mol. The quantitative estimate of drug-likeness (QED) is 0.735. The number of carbonyl (C=O) groups excluding carboxylic acids is 1. The summed E-state index contributed by atoms with van der Waals surface area (Å²) in [7, 11) is 0. The summed E-state index contributed by atoms with van der Waals surface area (Å²) in [6.45, 7) is 2.28. The van der Waals surface area contributed by atoms with E-state index in [0.717, 1.165) is 0 Å². The molecule has 1 heterocycles. The van der Waals surface area contributed by atoms with Gasteiger partial charge in [-0.25, -0.2) is 9.79 Å². The van der Waals surface area contributed by atoms with E-state index in [2.05, 4.69) is 4.99 Å². The van der Waals surface area contributed by atoms with Crippen molar-refractivity contribution in [1.29, 1.82) is 0 Å². The van der Waals surface area contributed by atoms with Crippen molar-refractivity contribution in [1.82, 2.24) is 4.90 Å². The summed E-state index contributed by atoms with van der Waals surface area (Å²) in [5, 5.41) is 9.05. The van der Waals surface area contributed by atoms with Crippen LogP contribution in [0.15, 0.2) is 28.8 Å². The number of carbonyl (C=O) groups is 2. The number of rotatable bonds is 2. The maximum atomic E-state index is 12.0. The summed E-state index contributed by atoms with van der Waals surface area (Å²) >= 11 is 4.99. The molecule has 0 aromatic carbocycles. The molecule has 0 aromatic rings. The second kappa shape index (κ2) is 4.21. The Labute approximate surface area is 103 Å². The fourth-order valence-electron chi connectivity index (χ4n) is 1.76. The van der Waals surface area contributed by atoms with Gasteiger partial charge in [-0.1, -0.05) is 12.2 Å². The predicted octanol–water partition coefficient (Wildman–Crippen LogP) is 0.771. The minimum atomic E-state index is -1.04. The van der Waals surface area contributed by atoms with Gasteiger partial charge in [0.15, 0.2) is 0 Å². The fraction of sp³-hybridized carbons (Fsp3) is 0.273. The first-order valence-corrected chi connectivity index (χ1v) is 5.52. The Hall–Kier alpha value is -1.82. The molecule has 1 unspecified atom stereocenters. The second-order valence-corrected chi connectivity index (χ2v) is 4.01. The summed E-state index contributed by atoms with van der Waals surface area (Å²) in [6, 6.07) is 0. The van der Waals surface area contributed by atoms with Crippen molar-refractivity contribution < 1.29 is 14.7 Å². The first-order chi connectivity index (χ1) is 8.04. The number of hydrogen-bond acceptors (Lipinski definition) is 3. The van der Waals surface area contributed by atoms with Gasteiger partial charge in [0.1, 0.15) is 0 Å². The van der Waals surface area contributed by atoms with E-state index in [1.165, 1.54) is 17.1 Å². The van der Waals surface area contributed by atoms with Crippen molar-refractivity contribution in [3.63, 3.8) is 0 Å². The number of aliphatic carboxylic acids is 1. The summed E-state index contributed by atoms with van der Waals surface area (Å²) in [4.78, 5) is 28.3. The van der Waals surface area contributed by atoms with Crippen LogP contribution in [0.25, 0.3) is 0 Å². The number of fused-ring (bicyclic) bond motifs is 1. The van der Waals surface area contributed by atoms with E-state index in [9.17, 15) is 9.59 Å². The van der Waals surface area contributed by atoms with Gasteiger partial charge in [-0.05, 0) is 25.2 Å². The van der Waals surface area contributed by atoms with Gasteiger partial charge in [-0.15, -0.1) is 0 Å². The molecule has 0 saturated heterocycles. The van der Waals surface area contributed by atoms with Crippen LogP contribution in [0.2, 0.25) is 0 Å². The molecule has 0 aromatic heterocycles. The Balaban J connectivity index is 2.42. The number of thiocarbonyl (C=S) groups is 1. The smallest absolute Gasteiger partial charge is 0.335 e. The largest absolute Gasteiger partial charge is 0.478 e. The van der Waals surface area contributed by atoms with Crippen molar-refractivity contribution in [3.05, 3.63) is 23.8 Å². The first kappa shape index (κ1) is 11.7. The SMILES string of the molecule is CCN1C(=O)C2C=CC(C(=O)O)=CC2=NC1=S. The summed E-state index contributed by atoms with van der Waals surface area (Å²) < 4.78 is 0. The highest BCUT2D eigenvalue weighted by molar-refractivity contribution is 7.80. The van der Waals surface area contributed by atoms with Gasteiger partial charge in [0.25, 0.3) is 0 Å². The molecule has 1 aliphatic carbocycles. The molecule has 0 fully saturated rings. The van der Waals surface area contributed by atoms with E-state index in [1.807, 2.05) is 6.92 Å². The van der Waals surface area contributed by atoms with Crippen LogP contribution in [0.5, 0.6) is 0 Å². The van der Waals surface area contributed by atoms with Crippen molar-refractivity contribution in [2.45, 2.75) is 6.92 Å². The molecule has 2 rings (SSSR count). The molecular formula is C11H10N2O3S. The lowest BCUT2D eigenvalue weighted by molar-refractivity contribution is -0.132. The normalized spacial score (nSPS) is 23.1. The van der Waals surface area contributed by atoms with Gasteiger partial charge >= 0.3 is 5.97 Å². The zero-order valence-corrected chi connectivity index (χ0v) is 9.90. The van der Waals surface area contributed by atoms with Gasteiger partial charge in [0.05, 0.1) is 17.2 Å². The number of amides is 1. The number of aliphatic imine (C=N–C) groups is 1. The third-order valence-electron chi connectivity index (χ3n) is 2.64. The molecule has 0 spiro atoms. The Bertz CT molecular complexity index is 505. The van der Waals surface area contributed by atoms with Crippen LogP contribution >= 0.6 is 12.2 Å². The van der Waals surface area contributed by atoms with Crippen LogP contribution < -0.4 is 0 Å². The van der Waals surface area contributed by atoms with E-state index in [0.29, 0.717) is 12.3 Å². The van der Waals surface area contributed by atoms with Crippen LogP contribution in [0.1, 0.15) is 6.92 Å². The Morgan fingerprint density at radius 2 is 2.35 bits per heavy atom. The first-order valence-electron chi connectivity index (χ1n) is 5.11. The van der Waals surface area contributed by atoms with Crippen LogP contribution in [-0.4, -0.2) is 39.3 Å². The van der Waals surface area contributed by atoms with E-state index in [-0.39, 0.29) is 16.6 Å². The number of allylic oxidation sites excluding steroid dienone is 1. The summed E-state index contributed by atoms with van der Waals surface area (Å²) in [5.41, 5.74) is 0.519. The highest BCUT2D eigenvalue weighted by Gasteiger charge is 2.34. The highest BCUT2D eigenvalue weighted by Crippen LogP contribution is 2.22. The maximum Gasteiger partial charge on any atom is 0.335 e. The highest BCUT2D eigenvalue weighted by atomic mass is 32.1. The zero-order valence-electron chi connectivity index (χ0n) is 9.08. The second-order valence-electron chi connectivity index (χ2n) is 3.64. The average Bonchev–Trinajstić information content (AvgIpc) is 2.28. The number of hydrogen-bond donors (Lipinski definition) is 1. The molecule has 88 valence electrons. The lowest BCUT2D eigenvalue weighted by atomic mass is 9.92. The van der Waals surface area contributed by atoms with Crippen molar-refractivity contribution in [2.75, 3.05) is 6.54 Å². The van der Waals surface area contributed by atoms with Gasteiger partial charge in [-0.2, -0.15) is 0 Å². The van der Waals surface area contributed by atoms with Gasteiger partial charge in [-0.3, -0.25) is 9.69 Å². The summed E-state index contributed by atoms with van der Waals surface area (Å²) in [6.07, 6.45) is 4.37. The molecule has 1 aliphatic heterocycles. The third kappa shape index (κ3) is 1.91. The van der Waals surface area contributed by atoms with Crippen molar-refractivity contribution in [2.24, 2.45) is 10.9 Å². The topological polar surface area (TPSA) is 70.0 Å².